The number of esters is 1. The van der Waals surface area contributed by atoms with E-state index < -0.39 is 15.8 Å². The van der Waals surface area contributed by atoms with E-state index in [1.807, 2.05) is 13.8 Å². The van der Waals surface area contributed by atoms with Crippen molar-refractivity contribution >= 4 is 38.1 Å². The predicted molar refractivity (Wildman–Crippen MR) is 103 cm³/mol. The molecule has 1 N–H and O–H groups in total. The van der Waals surface area contributed by atoms with Crippen LogP contribution in [0.1, 0.15) is 43.6 Å². The van der Waals surface area contributed by atoms with Gasteiger partial charge in [-0.25, -0.2) is 13.2 Å². The second kappa shape index (κ2) is 8.01. The van der Waals surface area contributed by atoms with Crippen LogP contribution in [0.15, 0.2) is 24.3 Å². The predicted octanol–water partition coefficient (Wildman–Crippen LogP) is 3.34. The monoisotopic (exact) mass is 395 g/mol. The lowest BCUT2D eigenvalue weighted by molar-refractivity contribution is 0.0527. The lowest BCUT2D eigenvalue weighted by Crippen LogP contribution is -2.15. The minimum absolute atomic E-state index is 0.0782. The molecule has 0 radical (unpaired) electrons. The Balaban J connectivity index is 2.22. The maximum atomic E-state index is 12.5. The van der Waals surface area contributed by atoms with E-state index in [2.05, 4.69) is 5.32 Å². The third-order valence-electron chi connectivity index (χ3n) is 3.74. The number of carbonyl (C=O) groups excluding carboxylic acids is 2. The summed E-state index contributed by atoms with van der Waals surface area (Å²) in [4.78, 5) is 25.6. The minimum atomic E-state index is -3.13. The molecule has 0 spiro atoms. The number of anilines is 1. The summed E-state index contributed by atoms with van der Waals surface area (Å²) in [6.45, 7) is 5.66. The number of ether oxygens (including phenoxy) is 1. The van der Waals surface area contributed by atoms with E-state index in [0.717, 1.165) is 16.7 Å². The summed E-state index contributed by atoms with van der Waals surface area (Å²) in [5, 5.41) is 3.20. The first-order valence-electron chi connectivity index (χ1n) is 7.97. The standard InChI is InChI=1S/C18H21NO5S2/c1-5-24-18(21)15-11(2)12(3)25-17(15)19-16(20)14-8-6-13(7-9-14)10-26(4,22)23/h6-9H,5,10H2,1-4H3,(H,19,20). The Hall–Kier alpha value is -2.19. The number of sulfone groups is 1. The maximum Gasteiger partial charge on any atom is 0.341 e. The van der Waals surface area contributed by atoms with E-state index in [0.29, 0.717) is 21.7 Å². The number of hydrogen-bond donors (Lipinski definition) is 1. The molecule has 0 atom stereocenters. The largest absolute Gasteiger partial charge is 0.462 e. The molecule has 0 saturated carbocycles. The summed E-state index contributed by atoms with van der Waals surface area (Å²) in [6.07, 6.45) is 1.16. The second-order valence-electron chi connectivity index (χ2n) is 5.93. The number of hydrogen-bond acceptors (Lipinski definition) is 6. The molecule has 1 heterocycles. The van der Waals surface area contributed by atoms with Crippen molar-refractivity contribution in [1.29, 1.82) is 0 Å². The molecule has 0 bridgehead atoms. The Morgan fingerprint density at radius 2 is 1.77 bits per heavy atom. The first-order valence-corrected chi connectivity index (χ1v) is 10.8. The lowest BCUT2D eigenvalue weighted by Gasteiger charge is -2.08. The maximum absolute atomic E-state index is 12.5. The molecule has 0 aliphatic heterocycles. The molecular weight excluding hydrogens is 374 g/mol. The van der Waals surface area contributed by atoms with Crippen molar-refractivity contribution in [3.05, 3.63) is 51.4 Å². The summed E-state index contributed by atoms with van der Waals surface area (Å²) >= 11 is 1.32. The molecule has 140 valence electrons. The highest BCUT2D eigenvalue weighted by Crippen LogP contribution is 2.33. The van der Waals surface area contributed by atoms with Gasteiger partial charge in [0.15, 0.2) is 9.84 Å². The van der Waals surface area contributed by atoms with Gasteiger partial charge in [0.25, 0.3) is 5.91 Å². The number of rotatable bonds is 6. The van der Waals surface area contributed by atoms with Crippen LogP contribution < -0.4 is 5.32 Å². The van der Waals surface area contributed by atoms with Gasteiger partial charge in [0.05, 0.1) is 17.9 Å². The zero-order valence-electron chi connectivity index (χ0n) is 15.1. The van der Waals surface area contributed by atoms with Crippen LogP contribution in [0.4, 0.5) is 5.00 Å². The molecule has 1 amide bonds. The third-order valence-corrected chi connectivity index (χ3v) is 5.72. The van der Waals surface area contributed by atoms with E-state index in [9.17, 15) is 18.0 Å². The first kappa shape index (κ1) is 20.1. The van der Waals surface area contributed by atoms with Gasteiger partial charge in [0, 0.05) is 16.7 Å². The van der Waals surface area contributed by atoms with Gasteiger partial charge in [0.2, 0.25) is 0 Å². The Morgan fingerprint density at radius 3 is 2.31 bits per heavy atom. The van der Waals surface area contributed by atoms with E-state index in [1.165, 1.54) is 11.3 Å². The van der Waals surface area contributed by atoms with Gasteiger partial charge in [-0.1, -0.05) is 12.1 Å². The fourth-order valence-corrected chi connectivity index (χ4v) is 4.24. The summed E-state index contributed by atoms with van der Waals surface area (Å²) in [7, 11) is -3.13. The van der Waals surface area contributed by atoms with Gasteiger partial charge in [-0.2, -0.15) is 0 Å². The smallest absolute Gasteiger partial charge is 0.341 e. The first-order chi connectivity index (χ1) is 12.1. The lowest BCUT2D eigenvalue weighted by atomic mass is 10.1. The number of carbonyl (C=O) groups is 2. The van der Waals surface area contributed by atoms with Gasteiger partial charge in [0.1, 0.15) is 5.00 Å². The average molecular weight is 396 g/mol. The van der Waals surface area contributed by atoms with Crippen LogP contribution >= 0.6 is 11.3 Å². The minimum Gasteiger partial charge on any atom is -0.462 e. The zero-order valence-corrected chi connectivity index (χ0v) is 16.7. The molecule has 2 aromatic rings. The number of aryl methyl sites for hydroxylation is 1. The van der Waals surface area contributed by atoms with Crippen LogP contribution in [0.2, 0.25) is 0 Å². The average Bonchev–Trinajstić information content (AvgIpc) is 2.81. The Bertz CT molecular complexity index is 927. The van der Waals surface area contributed by atoms with E-state index in [-0.39, 0.29) is 18.3 Å². The van der Waals surface area contributed by atoms with Crippen LogP contribution in [0.25, 0.3) is 0 Å². The van der Waals surface area contributed by atoms with Crippen LogP contribution in [0, 0.1) is 13.8 Å². The SMILES string of the molecule is CCOC(=O)c1c(NC(=O)c2ccc(CS(C)(=O)=O)cc2)sc(C)c1C. The molecular formula is C18H21NO5S2. The Labute approximate surface area is 157 Å². The quantitative estimate of drug-likeness (QED) is 0.758. The molecule has 6 nitrogen and oxygen atoms in total. The number of amides is 1. The molecule has 26 heavy (non-hydrogen) atoms. The summed E-state index contributed by atoms with van der Waals surface area (Å²) in [6, 6.07) is 6.33. The van der Waals surface area contributed by atoms with E-state index >= 15 is 0 Å². The van der Waals surface area contributed by atoms with Crippen molar-refractivity contribution in [1.82, 2.24) is 0 Å². The van der Waals surface area contributed by atoms with E-state index in [1.54, 1.807) is 31.2 Å². The van der Waals surface area contributed by atoms with Gasteiger partial charge in [-0.05, 0) is 44.0 Å². The topological polar surface area (TPSA) is 89.5 Å². The Kier molecular flexibility index (Phi) is 6.20. The summed E-state index contributed by atoms with van der Waals surface area (Å²) < 4.78 is 27.7. The van der Waals surface area contributed by atoms with Crippen molar-refractivity contribution < 1.29 is 22.7 Å². The van der Waals surface area contributed by atoms with Crippen LogP contribution in [0.3, 0.4) is 0 Å². The molecule has 0 aliphatic rings. The van der Waals surface area contributed by atoms with Crippen molar-refractivity contribution in [2.45, 2.75) is 26.5 Å². The number of thiophene rings is 1. The van der Waals surface area contributed by atoms with Gasteiger partial charge < -0.3 is 10.1 Å². The van der Waals surface area contributed by atoms with Crippen LogP contribution in [-0.2, 0) is 20.3 Å². The fourth-order valence-electron chi connectivity index (χ4n) is 2.39. The second-order valence-corrected chi connectivity index (χ2v) is 9.29. The highest BCUT2D eigenvalue weighted by atomic mass is 32.2. The molecule has 8 heteroatoms. The highest BCUT2D eigenvalue weighted by molar-refractivity contribution is 7.89. The molecule has 0 saturated heterocycles. The number of nitrogens with one attached hydrogen (secondary N) is 1. The van der Waals surface area contributed by atoms with Crippen LogP contribution in [0.5, 0.6) is 0 Å². The molecule has 0 unspecified atom stereocenters. The van der Waals surface area contributed by atoms with Gasteiger partial charge in [-0.3, -0.25) is 4.79 Å². The zero-order chi connectivity index (χ0) is 19.5. The number of benzene rings is 1. The molecule has 0 aliphatic carbocycles. The molecule has 1 aromatic heterocycles. The molecule has 1 aromatic carbocycles. The molecule has 2 rings (SSSR count). The van der Waals surface area contributed by atoms with Crippen molar-refractivity contribution in [2.24, 2.45) is 0 Å². The normalized spacial score (nSPS) is 11.2. The van der Waals surface area contributed by atoms with Crippen molar-refractivity contribution in [2.75, 3.05) is 18.2 Å². The van der Waals surface area contributed by atoms with E-state index in [4.69, 9.17) is 4.74 Å². The van der Waals surface area contributed by atoms with Crippen molar-refractivity contribution in [3.8, 4) is 0 Å². The van der Waals surface area contributed by atoms with Gasteiger partial charge in [-0.15, -0.1) is 11.3 Å². The van der Waals surface area contributed by atoms with Crippen molar-refractivity contribution in [3.63, 3.8) is 0 Å². The Morgan fingerprint density at radius 1 is 1.15 bits per heavy atom. The fraction of sp³-hybridized carbons (Fsp3) is 0.333. The summed E-state index contributed by atoms with van der Waals surface area (Å²) in [5.41, 5.74) is 2.14. The van der Waals surface area contributed by atoms with Crippen LogP contribution in [-0.4, -0.2) is 33.2 Å². The molecule has 0 fully saturated rings. The third kappa shape index (κ3) is 4.92. The highest BCUT2D eigenvalue weighted by Gasteiger charge is 2.22. The van der Waals surface area contributed by atoms with Gasteiger partial charge >= 0.3 is 5.97 Å². The summed E-state index contributed by atoms with van der Waals surface area (Å²) in [5.74, 6) is -0.915.